The predicted octanol–water partition coefficient (Wildman–Crippen LogP) is 2.94. The van der Waals surface area contributed by atoms with Gasteiger partial charge in [-0.3, -0.25) is 9.80 Å². The number of morpholine rings is 2. The van der Waals surface area contributed by atoms with Gasteiger partial charge in [-0.1, -0.05) is 0 Å². The Bertz CT molecular complexity index is 986. The summed E-state index contributed by atoms with van der Waals surface area (Å²) < 4.78 is 23.7. The first-order chi connectivity index (χ1) is 17.3. The van der Waals surface area contributed by atoms with Gasteiger partial charge in [0.15, 0.2) is 0 Å². The molecule has 2 aromatic carbocycles. The summed E-state index contributed by atoms with van der Waals surface area (Å²) in [6.45, 7) is 11.6. The molecular formula is C28H37N3O5. The van der Waals surface area contributed by atoms with Gasteiger partial charge in [-0.25, -0.2) is 0 Å². The van der Waals surface area contributed by atoms with Crippen LogP contribution in [0.3, 0.4) is 0 Å². The molecule has 0 aromatic heterocycles. The number of fused-ring (bicyclic) bond motifs is 2. The van der Waals surface area contributed by atoms with Crippen molar-refractivity contribution in [2.75, 3.05) is 52.5 Å². The molecule has 0 aliphatic carbocycles. The maximum absolute atomic E-state index is 10.5. The van der Waals surface area contributed by atoms with Gasteiger partial charge in [-0.05, 0) is 69.3 Å². The number of rotatable bonds is 10. The Morgan fingerprint density at radius 3 is 2.08 bits per heavy atom. The van der Waals surface area contributed by atoms with Crippen LogP contribution in [-0.4, -0.2) is 91.3 Å². The second kappa shape index (κ2) is 11.9. The quantitative estimate of drug-likeness (QED) is 0.538. The molecule has 0 amide bonds. The molecule has 2 aliphatic rings. The van der Waals surface area contributed by atoms with Crippen molar-refractivity contribution < 1.29 is 24.1 Å². The van der Waals surface area contributed by atoms with Crippen molar-refractivity contribution in [2.45, 2.75) is 44.7 Å². The summed E-state index contributed by atoms with van der Waals surface area (Å²) in [5.74, 6) is 2.33. The van der Waals surface area contributed by atoms with E-state index in [1.807, 2.05) is 45.0 Å². The maximum Gasteiger partial charge on any atom is 0.120 e. The van der Waals surface area contributed by atoms with Crippen molar-refractivity contribution in [2.24, 2.45) is 0 Å². The molecule has 194 valence electrons. The fraction of sp³-hybridized carbons (Fsp3) is 0.536. The van der Waals surface area contributed by atoms with E-state index in [4.69, 9.17) is 24.2 Å². The average Bonchev–Trinajstić information content (AvgIpc) is 2.83. The van der Waals surface area contributed by atoms with Gasteiger partial charge in [0.1, 0.15) is 42.2 Å². The number of hydrogen-bond acceptors (Lipinski definition) is 8. The summed E-state index contributed by atoms with van der Waals surface area (Å²) in [7, 11) is 0. The third-order valence-electron chi connectivity index (χ3n) is 6.05. The first-order valence-electron chi connectivity index (χ1n) is 12.6. The van der Waals surface area contributed by atoms with Crippen LogP contribution in [0.25, 0.3) is 0 Å². The zero-order valence-corrected chi connectivity index (χ0v) is 21.4. The third kappa shape index (κ3) is 8.10. The van der Waals surface area contributed by atoms with Gasteiger partial charge >= 0.3 is 0 Å². The van der Waals surface area contributed by atoms with Gasteiger partial charge < -0.3 is 24.1 Å². The molecule has 8 nitrogen and oxygen atoms in total. The molecular weight excluding hydrogens is 458 g/mol. The average molecular weight is 496 g/mol. The van der Waals surface area contributed by atoms with E-state index in [0.717, 1.165) is 44.2 Å². The van der Waals surface area contributed by atoms with E-state index in [-0.39, 0.29) is 24.4 Å². The van der Waals surface area contributed by atoms with Crippen LogP contribution in [0.15, 0.2) is 48.5 Å². The van der Waals surface area contributed by atoms with Gasteiger partial charge in [0, 0.05) is 39.3 Å². The number of β-amino-alcohol motifs (C(OH)–C–C–N with tert-alkyl or cyclic N) is 1. The van der Waals surface area contributed by atoms with Crippen molar-refractivity contribution in [3.63, 3.8) is 0 Å². The first-order valence-corrected chi connectivity index (χ1v) is 12.6. The Morgan fingerprint density at radius 2 is 1.47 bits per heavy atom. The van der Waals surface area contributed by atoms with E-state index in [0.29, 0.717) is 24.5 Å². The van der Waals surface area contributed by atoms with E-state index in [1.165, 1.54) is 0 Å². The van der Waals surface area contributed by atoms with Gasteiger partial charge in [0.25, 0.3) is 0 Å². The molecule has 0 spiro atoms. The van der Waals surface area contributed by atoms with Crippen LogP contribution in [0.4, 0.5) is 0 Å². The van der Waals surface area contributed by atoms with E-state index in [9.17, 15) is 5.11 Å². The van der Waals surface area contributed by atoms with E-state index >= 15 is 0 Å². The lowest BCUT2D eigenvalue weighted by molar-refractivity contribution is -0.144. The highest BCUT2D eigenvalue weighted by Crippen LogP contribution is 2.23. The second-order valence-corrected chi connectivity index (χ2v) is 10.5. The number of aliphatic hydroxyl groups is 1. The lowest BCUT2D eigenvalue weighted by Crippen LogP contribution is -2.60. The van der Waals surface area contributed by atoms with Crippen LogP contribution < -0.4 is 14.2 Å². The molecule has 4 rings (SSSR count). The summed E-state index contributed by atoms with van der Waals surface area (Å²) in [5.41, 5.74) is 0.369. The fourth-order valence-corrected chi connectivity index (χ4v) is 4.61. The zero-order chi connectivity index (χ0) is 25.5. The number of ether oxygens (including phenoxy) is 4. The van der Waals surface area contributed by atoms with E-state index in [1.54, 1.807) is 24.3 Å². The molecule has 2 heterocycles. The lowest BCUT2D eigenvalue weighted by atomic mass is 10.1. The molecule has 2 unspecified atom stereocenters. The summed E-state index contributed by atoms with van der Waals surface area (Å²) in [4.78, 5) is 4.67. The highest BCUT2D eigenvalue weighted by Gasteiger charge is 2.35. The molecule has 2 aromatic rings. The van der Waals surface area contributed by atoms with Crippen LogP contribution in [0.1, 0.15) is 26.3 Å². The summed E-state index contributed by atoms with van der Waals surface area (Å²) in [6, 6.07) is 16.8. The van der Waals surface area contributed by atoms with Crippen molar-refractivity contribution in [3.05, 3.63) is 54.1 Å². The highest BCUT2D eigenvalue weighted by molar-refractivity contribution is 5.34. The Balaban J connectivity index is 1.15. The summed E-state index contributed by atoms with van der Waals surface area (Å²) in [5, 5.41) is 19.4. The standard InChI is InChI=1S/C28H37N3O5/c1-28(2,3)36-25-10-8-23(9-11-25)33-13-12-30-16-26-18-31(19-27(17-30)35-26)15-22(32)20-34-24-6-4-21(14-29)5-7-24/h4-11,22,26-27,32H,12-13,15-20H2,1-3H3/t22-,26?,27?/m0/s1. The summed E-state index contributed by atoms with van der Waals surface area (Å²) in [6.07, 6.45) is -0.347. The highest BCUT2D eigenvalue weighted by atomic mass is 16.5. The molecule has 0 radical (unpaired) electrons. The molecule has 2 bridgehead atoms. The van der Waals surface area contributed by atoms with Crippen LogP contribution >= 0.6 is 0 Å². The van der Waals surface area contributed by atoms with Crippen molar-refractivity contribution in [3.8, 4) is 23.3 Å². The van der Waals surface area contributed by atoms with E-state index in [2.05, 4.69) is 15.9 Å². The molecule has 1 N–H and O–H groups in total. The minimum absolute atomic E-state index is 0.123. The number of hydrogen-bond donors (Lipinski definition) is 1. The normalized spacial score (nSPS) is 21.4. The smallest absolute Gasteiger partial charge is 0.120 e. The molecule has 2 aliphatic heterocycles. The molecule has 36 heavy (non-hydrogen) atoms. The van der Waals surface area contributed by atoms with Crippen LogP contribution in [-0.2, 0) is 4.74 Å². The Morgan fingerprint density at radius 1 is 0.917 bits per heavy atom. The lowest BCUT2D eigenvalue weighted by Gasteiger charge is -2.46. The number of nitriles is 1. The van der Waals surface area contributed by atoms with Gasteiger partial charge in [0.05, 0.1) is 23.8 Å². The fourth-order valence-electron chi connectivity index (χ4n) is 4.61. The maximum atomic E-state index is 10.5. The molecule has 8 heteroatoms. The first kappa shape index (κ1) is 26.2. The van der Waals surface area contributed by atoms with Crippen LogP contribution in [0.5, 0.6) is 17.2 Å². The zero-order valence-electron chi connectivity index (χ0n) is 21.4. The predicted molar refractivity (Wildman–Crippen MR) is 137 cm³/mol. The minimum atomic E-state index is -0.593. The molecule has 3 atom stereocenters. The Labute approximate surface area is 213 Å². The van der Waals surface area contributed by atoms with Gasteiger partial charge in [-0.15, -0.1) is 0 Å². The van der Waals surface area contributed by atoms with Crippen molar-refractivity contribution >= 4 is 0 Å². The monoisotopic (exact) mass is 495 g/mol. The molecule has 0 saturated carbocycles. The van der Waals surface area contributed by atoms with Crippen molar-refractivity contribution in [1.82, 2.24) is 9.80 Å². The summed E-state index contributed by atoms with van der Waals surface area (Å²) >= 11 is 0. The third-order valence-corrected chi connectivity index (χ3v) is 6.05. The minimum Gasteiger partial charge on any atom is -0.492 e. The second-order valence-electron chi connectivity index (χ2n) is 10.5. The number of benzene rings is 2. The molecule has 2 fully saturated rings. The molecule has 2 saturated heterocycles. The van der Waals surface area contributed by atoms with Crippen LogP contribution in [0.2, 0.25) is 0 Å². The Kier molecular flexibility index (Phi) is 8.70. The largest absolute Gasteiger partial charge is 0.492 e. The van der Waals surface area contributed by atoms with Crippen LogP contribution in [0, 0.1) is 11.3 Å². The number of nitrogens with zero attached hydrogens (tertiary/aromatic N) is 3. The van der Waals surface area contributed by atoms with Gasteiger partial charge in [-0.2, -0.15) is 5.26 Å². The van der Waals surface area contributed by atoms with E-state index < -0.39 is 6.10 Å². The van der Waals surface area contributed by atoms with Crippen molar-refractivity contribution in [1.29, 1.82) is 5.26 Å². The Hall–Kier alpha value is -2.83. The topological polar surface area (TPSA) is 87.4 Å². The number of aliphatic hydroxyl groups excluding tert-OH is 1. The van der Waals surface area contributed by atoms with Gasteiger partial charge in [0.2, 0.25) is 0 Å². The SMILES string of the molecule is CC(C)(C)Oc1ccc(OCCN2CC3CN(C[C@H](O)COc4ccc(C#N)cc4)CC(C2)O3)cc1.